The van der Waals surface area contributed by atoms with Crippen molar-refractivity contribution in [2.45, 2.75) is 65.3 Å². The third-order valence-electron chi connectivity index (χ3n) is 7.72. The van der Waals surface area contributed by atoms with Gasteiger partial charge in [0.1, 0.15) is 6.54 Å². The Morgan fingerprint density at radius 3 is 2.15 bits per heavy atom. The third-order valence-corrected chi connectivity index (χ3v) is 7.72. The molecule has 1 aromatic heterocycles. The molecule has 7 heteroatoms. The number of allylic oxidation sites excluding steroid dienone is 3. The van der Waals surface area contributed by atoms with Crippen LogP contribution in [0, 0.1) is 10.2 Å². The van der Waals surface area contributed by atoms with Gasteiger partial charge < -0.3 is 4.90 Å². The lowest BCUT2D eigenvalue weighted by Crippen LogP contribution is -2.68. The van der Waals surface area contributed by atoms with Crippen molar-refractivity contribution in [3.8, 4) is 0 Å². The normalized spacial score (nSPS) is 15.5. The second-order valence-electron chi connectivity index (χ2n) is 10.9. The van der Waals surface area contributed by atoms with Crippen LogP contribution in [0.15, 0.2) is 90.6 Å². The lowest BCUT2D eigenvalue weighted by molar-refractivity contribution is -2.00. The van der Waals surface area contributed by atoms with Gasteiger partial charge in [0.05, 0.1) is 0 Å². The molecule has 0 bridgehead atoms. The van der Waals surface area contributed by atoms with Gasteiger partial charge in [-0.3, -0.25) is 0 Å². The first-order chi connectivity index (χ1) is 19.6. The first kappa shape index (κ1) is 30.7. The highest BCUT2D eigenvalue weighted by atomic mass is 35.7. The van der Waals surface area contributed by atoms with Crippen LogP contribution >= 0.6 is 0 Å². The molecule has 2 heterocycles. The van der Waals surface area contributed by atoms with Crippen molar-refractivity contribution in [2.75, 3.05) is 11.4 Å². The number of nitrogens with zero attached hydrogens (tertiary/aromatic N) is 2. The first-order valence-corrected chi connectivity index (χ1v) is 15.5. The SMILES string of the molecule is CCCCN1C(=CC=Cc2ccc3ccccc3[n+]2CCCC)C(C)(C)c2c1ccc1ccccc21.[O-][Cl+3]([O-])([O-])[O-]. The van der Waals surface area contributed by atoms with Gasteiger partial charge in [0, 0.05) is 53.4 Å². The van der Waals surface area contributed by atoms with E-state index >= 15 is 0 Å². The summed E-state index contributed by atoms with van der Waals surface area (Å²) >= 11 is 0. The number of aromatic nitrogens is 1. The molecule has 0 atom stereocenters. The van der Waals surface area contributed by atoms with Gasteiger partial charge in [0.2, 0.25) is 11.2 Å². The van der Waals surface area contributed by atoms with Gasteiger partial charge in [0.25, 0.3) is 0 Å². The average Bonchev–Trinajstić information content (AvgIpc) is 3.15. The van der Waals surface area contributed by atoms with Gasteiger partial charge in [-0.05, 0) is 47.0 Å². The summed E-state index contributed by atoms with van der Waals surface area (Å²) in [6.07, 6.45) is 11.7. The minimum atomic E-state index is -4.94. The highest BCUT2D eigenvalue weighted by Gasteiger charge is 2.40. The van der Waals surface area contributed by atoms with Crippen LogP contribution < -0.4 is 28.1 Å². The Hall–Kier alpha value is -3.26. The van der Waals surface area contributed by atoms with Gasteiger partial charge in [0.15, 0.2) is 0 Å². The largest absolute Gasteiger partial charge is 0.344 e. The maximum Gasteiger partial charge on any atom is 0.212 e. The number of hydrogen-bond donors (Lipinski definition) is 0. The number of unbranched alkanes of at least 4 members (excludes halogenated alkanes) is 2. The van der Waals surface area contributed by atoms with Gasteiger partial charge in [-0.25, -0.2) is 18.6 Å². The summed E-state index contributed by atoms with van der Waals surface area (Å²) in [6, 6.07) is 26.7. The second kappa shape index (κ2) is 13.1. The quantitative estimate of drug-likeness (QED) is 0.298. The first-order valence-electron chi connectivity index (χ1n) is 14.3. The summed E-state index contributed by atoms with van der Waals surface area (Å²) in [4.78, 5) is 2.57. The lowest BCUT2D eigenvalue weighted by atomic mass is 9.81. The molecule has 0 spiro atoms. The van der Waals surface area contributed by atoms with E-state index in [1.165, 1.54) is 70.0 Å². The molecule has 0 amide bonds. The standard InChI is InChI=1S/C34H39N2.ClHO4/c1-5-7-24-35-28(22-20-27-15-10-12-18-30(27)35)16-13-19-32-34(3,4)33-29-17-11-9-14-26(29)21-23-31(33)36(32)25-8-6-2;2-1(3,4)5/h9-23H,5-8,24-25H2,1-4H3;(H,2,3,4,5)/q+1;/p-1. The van der Waals surface area contributed by atoms with E-state index in [1.807, 2.05) is 0 Å². The summed E-state index contributed by atoms with van der Waals surface area (Å²) in [5.74, 6) is 0. The number of halogens is 1. The number of hydrogen-bond acceptors (Lipinski definition) is 5. The molecule has 0 saturated carbocycles. The summed E-state index contributed by atoms with van der Waals surface area (Å²) in [7, 11) is -4.94. The number of para-hydroxylation sites is 1. The number of fused-ring (bicyclic) bond motifs is 4. The van der Waals surface area contributed by atoms with Crippen LogP contribution in [0.5, 0.6) is 0 Å². The van der Waals surface area contributed by atoms with Gasteiger partial charge in [-0.1, -0.05) is 89.1 Å². The van der Waals surface area contributed by atoms with Crippen LogP contribution in [0.25, 0.3) is 27.8 Å². The third kappa shape index (κ3) is 7.15. The maximum absolute atomic E-state index is 8.49. The van der Waals surface area contributed by atoms with Crippen molar-refractivity contribution in [1.82, 2.24) is 0 Å². The molecule has 0 unspecified atom stereocenters. The number of benzene rings is 3. The fourth-order valence-electron chi connectivity index (χ4n) is 5.82. The molecule has 0 fully saturated rings. The Kier molecular flexibility index (Phi) is 9.84. The van der Waals surface area contributed by atoms with E-state index in [9.17, 15) is 0 Å². The van der Waals surface area contributed by atoms with Crippen molar-refractivity contribution in [3.05, 3.63) is 102 Å². The fourth-order valence-corrected chi connectivity index (χ4v) is 5.82. The van der Waals surface area contributed by atoms with Crippen molar-refractivity contribution >= 4 is 33.4 Å². The Morgan fingerprint density at radius 1 is 0.805 bits per heavy atom. The predicted octanol–water partition coefficient (Wildman–Crippen LogP) is 3.82. The van der Waals surface area contributed by atoms with Crippen molar-refractivity contribution in [1.29, 1.82) is 0 Å². The molecule has 0 saturated heterocycles. The number of pyridine rings is 1. The van der Waals surface area contributed by atoms with Crippen LogP contribution in [0.1, 0.15) is 64.6 Å². The number of anilines is 1. The topological polar surface area (TPSA) is 99.4 Å². The number of aryl methyl sites for hydroxylation is 1. The molecule has 0 radical (unpaired) electrons. The zero-order valence-electron chi connectivity index (χ0n) is 24.3. The zero-order valence-corrected chi connectivity index (χ0v) is 25.1. The van der Waals surface area contributed by atoms with Gasteiger partial charge >= 0.3 is 0 Å². The summed E-state index contributed by atoms with van der Waals surface area (Å²) in [5, 5.41) is 4.00. The Bertz CT molecular complexity index is 1550. The second-order valence-corrected chi connectivity index (χ2v) is 11.7. The van der Waals surface area contributed by atoms with E-state index in [-0.39, 0.29) is 5.41 Å². The lowest BCUT2D eigenvalue weighted by Gasteiger charge is -2.27. The van der Waals surface area contributed by atoms with Crippen LogP contribution in [0.4, 0.5) is 5.69 Å². The minimum absolute atomic E-state index is 0.0597. The fraction of sp³-hybridized carbons (Fsp3) is 0.324. The molecule has 5 rings (SSSR count). The van der Waals surface area contributed by atoms with Crippen molar-refractivity contribution in [3.63, 3.8) is 0 Å². The van der Waals surface area contributed by atoms with E-state index in [1.54, 1.807) is 0 Å². The molecule has 0 aliphatic carbocycles. The molecule has 6 nitrogen and oxygen atoms in total. The predicted molar refractivity (Wildman–Crippen MR) is 155 cm³/mol. The molecule has 1 aliphatic heterocycles. The summed E-state index contributed by atoms with van der Waals surface area (Å²) in [5.41, 5.74) is 6.73. The monoisotopic (exact) mass is 574 g/mol. The highest BCUT2D eigenvalue weighted by molar-refractivity contribution is 5.95. The summed E-state index contributed by atoms with van der Waals surface area (Å²) in [6.45, 7) is 11.4. The van der Waals surface area contributed by atoms with E-state index in [2.05, 4.69) is 128 Å². The van der Waals surface area contributed by atoms with Crippen LogP contribution in [0.3, 0.4) is 0 Å². The van der Waals surface area contributed by atoms with Gasteiger partial charge in [-0.2, -0.15) is 4.57 Å². The zero-order chi connectivity index (χ0) is 29.6. The van der Waals surface area contributed by atoms with Gasteiger partial charge in [-0.15, -0.1) is 10.2 Å². The Labute approximate surface area is 245 Å². The van der Waals surface area contributed by atoms with E-state index in [0.717, 1.165) is 13.1 Å². The summed E-state index contributed by atoms with van der Waals surface area (Å²) < 4.78 is 36.4. The maximum atomic E-state index is 8.49. The van der Waals surface area contributed by atoms with E-state index in [4.69, 9.17) is 18.6 Å². The molecule has 216 valence electrons. The molecule has 41 heavy (non-hydrogen) atoms. The number of rotatable bonds is 8. The van der Waals surface area contributed by atoms with Crippen LogP contribution in [0.2, 0.25) is 0 Å². The van der Waals surface area contributed by atoms with Crippen molar-refractivity contribution in [2.24, 2.45) is 0 Å². The van der Waals surface area contributed by atoms with Crippen molar-refractivity contribution < 1.29 is 33.4 Å². The minimum Gasteiger partial charge on any atom is -0.344 e. The van der Waals surface area contributed by atoms with Crippen LogP contribution in [-0.4, -0.2) is 6.54 Å². The molecule has 4 aromatic rings. The van der Waals surface area contributed by atoms with E-state index < -0.39 is 10.2 Å². The Morgan fingerprint density at radius 2 is 1.44 bits per heavy atom. The highest BCUT2D eigenvalue weighted by Crippen LogP contribution is 2.50. The van der Waals surface area contributed by atoms with Crippen LogP contribution in [-0.2, 0) is 12.0 Å². The van der Waals surface area contributed by atoms with E-state index in [0.29, 0.717) is 0 Å². The molecule has 3 aromatic carbocycles. The molecule has 1 aliphatic rings. The average molecular weight is 575 g/mol. The molecular formula is C34H39ClN2O4. The molecule has 0 N–H and O–H groups in total. The smallest absolute Gasteiger partial charge is 0.212 e. The Balaban J connectivity index is 0.000000714. The molecular weight excluding hydrogens is 536 g/mol.